The number of nitrogens with zero attached hydrogens (tertiary/aromatic N) is 4. The van der Waals surface area contributed by atoms with E-state index in [0.717, 1.165) is 23.3 Å². The number of hydrogen-bond acceptors (Lipinski definition) is 7. The molecule has 4 rings (SSSR count). The van der Waals surface area contributed by atoms with Crippen molar-refractivity contribution in [2.45, 2.75) is 41.8 Å². The zero-order valence-corrected chi connectivity index (χ0v) is 16.9. The molecule has 0 atom stereocenters. The second kappa shape index (κ2) is 7.13. The number of ether oxygens (including phenoxy) is 1. The number of hydrogen-bond donors (Lipinski definition) is 3. The van der Waals surface area contributed by atoms with Gasteiger partial charge in [-0.25, -0.2) is 9.97 Å². The number of nitrogen functional groups attached to an aromatic ring is 1. The third kappa shape index (κ3) is 4.37. The highest BCUT2D eigenvalue weighted by Gasteiger charge is 2.46. The Morgan fingerprint density at radius 2 is 2.14 bits per heavy atom. The average Bonchev–Trinajstić information content (AvgIpc) is 3.26. The van der Waals surface area contributed by atoms with Gasteiger partial charge in [0, 0.05) is 4.90 Å². The van der Waals surface area contributed by atoms with Crippen molar-refractivity contribution in [3.05, 3.63) is 36.2 Å². The van der Waals surface area contributed by atoms with Gasteiger partial charge in [0.05, 0.1) is 18.5 Å². The summed E-state index contributed by atoms with van der Waals surface area (Å²) >= 11 is 1.46. The van der Waals surface area contributed by atoms with Gasteiger partial charge in [-0.15, -0.1) is 0 Å². The Hall–Kier alpha value is -1.97. The average molecular weight is 421 g/mol. The molecule has 0 aliphatic heterocycles. The topological polar surface area (TPSA) is 136 Å². The first kappa shape index (κ1) is 19.4. The molecule has 2 aromatic heterocycles. The zero-order valence-electron chi connectivity index (χ0n) is 15.1. The normalized spacial score (nSPS) is 15.8. The van der Waals surface area contributed by atoms with E-state index in [0.29, 0.717) is 22.7 Å². The minimum absolute atomic E-state index is 0.144. The van der Waals surface area contributed by atoms with E-state index in [1.807, 2.05) is 25.1 Å². The summed E-state index contributed by atoms with van der Waals surface area (Å²) < 4.78 is 18.4. The lowest BCUT2D eigenvalue weighted by molar-refractivity contribution is 0.0417. The van der Waals surface area contributed by atoms with Crippen LogP contribution in [0.1, 0.15) is 18.4 Å². The van der Waals surface area contributed by atoms with Gasteiger partial charge in [0.15, 0.2) is 5.65 Å². The van der Waals surface area contributed by atoms with E-state index < -0.39 is 19.5 Å². The van der Waals surface area contributed by atoms with Crippen LogP contribution in [0, 0.1) is 6.92 Å². The molecule has 148 valence electrons. The van der Waals surface area contributed by atoms with Gasteiger partial charge in [-0.1, -0.05) is 29.5 Å². The number of aryl methyl sites for hydroxylation is 1. The maximum Gasteiger partial charge on any atom is 0.351 e. The lowest BCUT2D eigenvalue weighted by atomic mass is 10.2. The Labute approximate surface area is 165 Å². The fourth-order valence-corrected chi connectivity index (χ4v) is 4.37. The number of anilines is 1. The quantitative estimate of drug-likeness (QED) is 0.388. The van der Waals surface area contributed by atoms with Crippen LogP contribution in [-0.4, -0.2) is 41.3 Å². The van der Waals surface area contributed by atoms with Crippen molar-refractivity contribution in [1.82, 2.24) is 19.5 Å². The highest BCUT2D eigenvalue weighted by atomic mass is 32.2. The highest BCUT2D eigenvalue weighted by molar-refractivity contribution is 7.99. The summed E-state index contributed by atoms with van der Waals surface area (Å²) in [6.45, 7) is 2.42. The van der Waals surface area contributed by atoms with Gasteiger partial charge in [0.2, 0.25) is 5.95 Å². The van der Waals surface area contributed by atoms with E-state index in [1.54, 1.807) is 10.9 Å². The van der Waals surface area contributed by atoms with Crippen LogP contribution in [0.4, 0.5) is 5.95 Å². The van der Waals surface area contributed by atoms with Crippen LogP contribution in [0.15, 0.2) is 40.5 Å². The molecule has 1 fully saturated rings. The molecular formula is C17H20N5O4PS. The van der Waals surface area contributed by atoms with Crippen molar-refractivity contribution in [3.63, 3.8) is 0 Å². The lowest BCUT2D eigenvalue weighted by Crippen LogP contribution is -2.22. The SMILES string of the molecule is Cc1cccc(Sc2nc(N)nc3c2ncn3CC2(OCP(=O)(O)O)CC2)c1. The van der Waals surface area contributed by atoms with Gasteiger partial charge >= 0.3 is 7.60 Å². The summed E-state index contributed by atoms with van der Waals surface area (Å²) in [5.41, 5.74) is 7.68. The number of fused-ring (bicyclic) bond motifs is 1. The maximum atomic E-state index is 11.1. The first-order chi connectivity index (χ1) is 13.2. The van der Waals surface area contributed by atoms with E-state index in [1.165, 1.54) is 11.8 Å². The molecule has 1 saturated carbocycles. The summed E-state index contributed by atoms with van der Waals surface area (Å²) in [6.07, 6.45) is 2.49. The zero-order chi connectivity index (χ0) is 19.9. The monoisotopic (exact) mass is 421 g/mol. The molecule has 0 spiro atoms. The molecule has 1 aliphatic carbocycles. The van der Waals surface area contributed by atoms with Crippen molar-refractivity contribution in [2.24, 2.45) is 0 Å². The number of imidazole rings is 1. The minimum atomic E-state index is -4.22. The number of nitrogens with two attached hydrogens (primary N) is 1. The highest BCUT2D eigenvalue weighted by Crippen LogP contribution is 2.46. The first-order valence-electron chi connectivity index (χ1n) is 8.64. The summed E-state index contributed by atoms with van der Waals surface area (Å²) in [5.74, 6) is 0.144. The van der Waals surface area contributed by atoms with Gasteiger partial charge in [-0.3, -0.25) is 4.57 Å². The predicted molar refractivity (Wildman–Crippen MR) is 105 cm³/mol. The van der Waals surface area contributed by atoms with Gasteiger partial charge in [-0.2, -0.15) is 4.98 Å². The molecule has 2 heterocycles. The molecule has 1 aromatic carbocycles. The molecule has 0 radical (unpaired) electrons. The predicted octanol–water partition coefficient (Wildman–Crippen LogP) is 2.55. The van der Waals surface area contributed by atoms with Crippen LogP contribution in [-0.2, 0) is 15.8 Å². The number of aromatic nitrogens is 4. The van der Waals surface area contributed by atoms with Crippen LogP contribution in [0.2, 0.25) is 0 Å². The molecule has 0 saturated heterocycles. The fraction of sp³-hybridized carbons (Fsp3) is 0.353. The van der Waals surface area contributed by atoms with Crippen molar-refractivity contribution < 1.29 is 19.1 Å². The Bertz CT molecular complexity index is 1080. The van der Waals surface area contributed by atoms with Crippen LogP contribution < -0.4 is 5.73 Å². The molecule has 28 heavy (non-hydrogen) atoms. The van der Waals surface area contributed by atoms with E-state index in [2.05, 4.69) is 21.0 Å². The van der Waals surface area contributed by atoms with E-state index >= 15 is 0 Å². The third-order valence-corrected chi connectivity index (χ3v) is 5.89. The van der Waals surface area contributed by atoms with Crippen molar-refractivity contribution in [1.29, 1.82) is 0 Å². The summed E-state index contributed by atoms with van der Waals surface area (Å²) in [5, 5.41) is 0.660. The number of benzene rings is 1. The third-order valence-electron chi connectivity index (χ3n) is 4.46. The van der Waals surface area contributed by atoms with Crippen LogP contribution >= 0.6 is 19.4 Å². The lowest BCUT2D eigenvalue weighted by Gasteiger charge is -2.17. The second-order valence-electron chi connectivity index (χ2n) is 6.97. The molecule has 0 amide bonds. The van der Waals surface area contributed by atoms with E-state index in [-0.39, 0.29) is 5.95 Å². The summed E-state index contributed by atoms with van der Waals surface area (Å²) in [7, 11) is -4.22. The maximum absolute atomic E-state index is 11.1. The Kier molecular flexibility index (Phi) is 4.93. The Balaban J connectivity index is 1.61. The molecule has 3 aromatic rings. The fourth-order valence-electron chi connectivity index (χ4n) is 2.93. The van der Waals surface area contributed by atoms with Gasteiger partial charge in [0.25, 0.3) is 0 Å². The van der Waals surface area contributed by atoms with Gasteiger partial charge in [0.1, 0.15) is 16.9 Å². The minimum Gasteiger partial charge on any atom is -0.368 e. The molecule has 9 nitrogen and oxygen atoms in total. The smallest absolute Gasteiger partial charge is 0.351 e. The molecule has 0 unspecified atom stereocenters. The molecule has 0 bridgehead atoms. The largest absolute Gasteiger partial charge is 0.368 e. The standard InChI is InChI=1S/C17H20N5O4PS/c1-11-3-2-4-12(7-11)28-15-13-14(20-16(18)21-15)22(9-19-13)8-17(5-6-17)26-10-27(23,24)25/h2-4,7,9H,5-6,8,10H2,1H3,(H2,18,20,21)(H2,23,24,25). The van der Waals surface area contributed by atoms with Crippen LogP contribution in [0.5, 0.6) is 0 Å². The Morgan fingerprint density at radius 3 is 2.82 bits per heavy atom. The van der Waals surface area contributed by atoms with Gasteiger partial charge < -0.3 is 24.8 Å². The first-order valence-corrected chi connectivity index (χ1v) is 11.3. The molecule has 1 aliphatic rings. The van der Waals surface area contributed by atoms with E-state index in [9.17, 15) is 4.57 Å². The number of rotatable bonds is 7. The molecular weight excluding hydrogens is 401 g/mol. The summed E-state index contributed by atoms with van der Waals surface area (Å²) in [4.78, 5) is 32.3. The molecule has 4 N–H and O–H groups in total. The van der Waals surface area contributed by atoms with Crippen molar-refractivity contribution in [3.8, 4) is 0 Å². The van der Waals surface area contributed by atoms with E-state index in [4.69, 9.17) is 20.3 Å². The van der Waals surface area contributed by atoms with Crippen LogP contribution in [0.25, 0.3) is 11.2 Å². The second-order valence-corrected chi connectivity index (χ2v) is 9.62. The van der Waals surface area contributed by atoms with Gasteiger partial charge in [-0.05, 0) is 31.9 Å². The van der Waals surface area contributed by atoms with Crippen LogP contribution in [0.3, 0.4) is 0 Å². The van der Waals surface area contributed by atoms with Crippen molar-refractivity contribution in [2.75, 3.05) is 12.1 Å². The Morgan fingerprint density at radius 1 is 1.36 bits per heavy atom. The summed E-state index contributed by atoms with van der Waals surface area (Å²) in [6, 6.07) is 8.05. The molecule has 11 heteroatoms. The van der Waals surface area contributed by atoms with Crippen molar-refractivity contribution >= 4 is 36.5 Å².